The van der Waals surface area contributed by atoms with Crippen LogP contribution in [0.4, 0.5) is 0 Å². The molecule has 1 atom stereocenters. The Balaban J connectivity index is 2.80. The summed E-state index contributed by atoms with van der Waals surface area (Å²) in [6.45, 7) is 4.77. The number of halogens is 1. The van der Waals surface area contributed by atoms with Gasteiger partial charge in [0.1, 0.15) is 5.15 Å². The first-order valence-corrected chi connectivity index (χ1v) is 5.34. The maximum absolute atomic E-state index is 9.03. The molecular weight excluding hydrogens is 214 g/mol. The van der Waals surface area contributed by atoms with E-state index in [0.29, 0.717) is 11.7 Å². The van der Waals surface area contributed by atoms with Crippen molar-refractivity contribution >= 4 is 11.6 Å². The number of likely N-dealkylation sites (N-methyl/N-ethyl adjacent to an activating group) is 1. The van der Waals surface area contributed by atoms with Gasteiger partial charge in [0, 0.05) is 25.2 Å². The highest BCUT2D eigenvalue weighted by Gasteiger charge is 2.15. The zero-order valence-corrected chi connectivity index (χ0v) is 10.4. The van der Waals surface area contributed by atoms with Crippen LogP contribution in [0.3, 0.4) is 0 Å². The molecule has 0 fully saturated rings. The van der Waals surface area contributed by atoms with Crippen LogP contribution in [-0.2, 0) is 13.6 Å². The summed E-state index contributed by atoms with van der Waals surface area (Å²) in [6.07, 6.45) is 0. The van der Waals surface area contributed by atoms with Gasteiger partial charge in [-0.25, -0.2) is 0 Å². The zero-order valence-electron chi connectivity index (χ0n) is 9.66. The van der Waals surface area contributed by atoms with Gasteiger partial charge in [0.2, 0.25) is 0 Å². The summed E-state index contributed by atoms with van der Waals surface area (Å²) >= 11 is 6.12. The lowest BCUT2D eigenvalue weighted by molar-refractivity contribution is 0.154. The highest BCUT2D eigenvalue weighted by atomic mass is 35.5. The molecule has 0 spiro atoms. The molecule has 1 unspecified atom stereocenters. The van der Waals surface area contributed by atoms with Crippen LogP contribution in [-0.4, -0.2) is 39.5 Å². The molecule has 0 aliphatic heterocycles. The molecule has 5 heteroatoms. The summed E-state index contributed by atoms with van der Waals surface area (Å²) in [7, 11) is 3.79. The minimum Gasteiger partial charge on any atom is -0.395 e. The van der Waals surface area contributed by atoms with Crippen LogP contribution >= 0.6 is 11.6 Å². The average Bonchev–Trinajstić information content (AvgIpc) is 2.43. The Morgan fingerprint density at radius 3 is 2.60 bits per heavy atom. The monoisotopic (exact) mass is 231 g/mol. The first-order chi connectivity index (χ1) is 6.97. The van der Waals surface area contributed by atoms with E-state index in [-0.39, 0.29) is 12.6 Å². The van der Waals surface area contributed by atoms with Gasteiger partial charge < -0.3 is 5.11 Å². The van der Waals surface area contributed by atoms with Crippen molar-refractivity contribution in [1.82, 2.24) is 14.7 Å². The van der Waals surface area contributed by atoms with Gasteiger partial charge in [-0.2, -0.15) is 5.10 Å². The van der Waals surface area contributed by atoms with Crippen LogP contribution in [0.15, 0.2) is 0 Å². The molecule has 0 saturated heterocycles. The molecule has 1 aromatic heterocycles. The Morgan fingerprint density at radius 1 is 1.60 bits per heavy atom. The molecule has 1 N–H and O–H groups in total. The molecular formula is C10H18ClN3O. The van der Waals surface area contributed by atoms with Crippen LogP contribution < -0.4 is 0 Å². The predicted molar refractivity (Wildman–Crippen MR) is 61.0 cm³/mol. The summed E-state index contributed by atoms with van der Waals surface area (Å²) in [5.74, 6) is 0. The van der Waals surface area contributed by atoms with E-state index in [4.69, 9.17) is 16.7 Å². The second-order valence-electron chi connectivity index (χ2n) is 3.93. The lowest BCUT2D eigenvalue weighted by atomic mass is 10.2. The number of rotatable bonds is 4. The molecule has 0 saturated carbocycles. The Morgan fingerprint density at radius 2 is 2.20 bits per heavy atom. The molecule has 0 radical (unpaired) electrons. The molecule has 1 aromatic rings. The number of aliphatic hydroxyl groups excluding tert-OH is 1. The largest absolute Gasteiger partial charge is 0.395 e. The molecule has 0 bridgehead atoms. The SMILES string of the molecule is Cc1nn(C)c(Cl)c1CN(C)C(C)CO. The van der Waals surface area contributed by atoms with Crippen molar-refractivity contribution in [2.75, 3.05) is 13.7 Å². The standard InChI is InChI=1S/C10H18ClN3O/c1-7(6-15)13(3)5-9-8(2)12-14(4)10(9)11/h7,15H,5-6H2,1-4H3. The Labute approximate surface area is 95.5 Å². The fraction of sp³-hybridized carbons (Fsp3) is 0.700. The second-order valence-corrected chi connectivity index (χ2v) is 4.28. The maximum atomic E-state index is 9.03. The molecule has 86 valence electrons. The van der Waals surface area contributed by atoms with Crippen LogP contribution in [0.2, 0.25) is 5.15 Å². The number of hydrogen-bond acceptors (Lipinski definition) is 3. The topological polar surface area (TPSA) is 41.3 Å². The van der Waals surface area contributed by atoms with Crippen LogP contribution in [0.1, 0.15) is 18.2 Å². The fourth-order valence-corrected chi connectivity index (χ4v) is 1.63. The van der Waals surface area contributed by atoms with E-state index in [1.54, 1.807) is 4.68 Å². The minimum absolute atomic E-state index is 0.126. The van der Waals surface area contributed by atoms with Crippen molar-refractivity contribution in [2.45, 2.75) is 26.4 Å². The third-order valence-corrected chi connectivity index (χ3v) is 3.17. The van der Waals surface area contributed by atoms with Gasteiger partial charge in [-0.15, -0.1) is 0 Å². The van der Waals surface area contributed by atoms with E-state index in [0.717, 1.165) is 11.3 Å². The van der Waals surface area contributed by atoms with Gasteiger partial charge in [-0.1, -0.05) is 11.6 Å². The summed E-state index contributed by atoms with van der Waals surface area (Å²) in [6, 6.07) is 0.126. The van der Waals surface area contributed by atoms with E-state index >= 15 is 0 Å². The maximum Gasteiger partial charge on any atom is 0.131 e. The molecule has 0 amide bonds. The number of nitrogens with zero attached hydrogens (tertiary/aromatic N) is 3. The quantitative estimate of drug-likeness (QED) is 0.847. The predicted octanol–water partition coefficient (Wildman–Crippen LogP) is 1.19. The van der Waals surface area contributed by atoms with E-state index < -0.39 is 0 Å². The molecule has 0 aliphatic carbocycles. The summed E-state index contributed by atoms with van der Waals surface area (Å²) < 4.78 is 1.67. The molecule has 1 heterocycles. The lowest BCUT2D eigenvalue weighted by Gasteiger charge is -2.22. The van der Waals surface area contributed by atoms with Crippen molar-refractivity contribution in [2.24, 2.45) is 7.05 Å². The van der Waals surface area contributed by atoms with E-state index in [2.05, 4.69) is 10.00 Å². The highest BCUT2D eigenvalue weighted by molar-refractivity contribution is 6.30. The Bertz CT molecular complexity index is 338. The van der Waals surface area contributed by atoms with E-state index in [9.17, 15) is 0 Å². The summed E-state index contributed by atoms with van der Waals surface area (Å²) in [5, 5.41) is 13.9. The van der Waals surface area contributed by atoms with E-state index in [1.807, 2.05) is 27.9 Å². The molecule has 0 aliphatic rings. The first-order valence-electron chi connectivity index (χ1n) is 4.96. The molecule has 0 aromatic carbocycles. The Hall–Kier alpha value is -0.580. The molecule has 1 rings (SSSR count). The van der Waals surface area contributed by atoms with Crippen LogP contribution in [0.5, 0.6) is 0 Å². The first kappa shape index (κ1) is 12.5. The van der Waals surface area contributed by atoms with Gasteiger partial charge in [-0.05, 0) is 20.9 Å². The van der Waals surface area contributed by atoms with Gasteiger partial charge in [0.05, 0.1) is 12.3 Å². The number of hydrogen-bond donors (Lipinski definition) is 1. The van der Waals surface area contributed by atoms with Crippen LogP contribution in [0, 0.1) is 6.92 Å². The Kier molecular flexibility index (Phi) is 4.13. The molecule has 4 nitrogen and oxygen atoms in total. The number of aliphatic hydroxyl groups is 1. The fourth-order valence-electron chi connectivity index (χ4n) is 1.40. The van der Waals surface area contributed by atoms with Crippen LogP contribution in [0.25, 0.3) is 0 Å². The van der Waals surface area contributed by atoms with Crippen molar-refractivity contribution < 1.29 is 5.11 Å². The molecule has 15 heavy (non-hydrogen) atoms. The smallest absolute Gasteiger partial charge is 0.131 e. The highest BCUT2D eigenvalue weighted by Crippen LogP contribution is 2.20. The van der Waals surface area contributed by atoms with Gasteiger partial charge in [0.25, 0.3) is 0 Å². The van der Waals surface area contributed by atoms with Gasteiger partial charge in [0.15, 0.2) is 0 Å². The number of aryl methyl sites for hydroxylation is 2. The number of aromatic nitrogens is 2. The summed E-state index contributed by atoms with van der Waals surface area (Å²) in [4.78, 5) is 2.05. The minimum atomic E-state index is 0.126. The van der Waals surface area contributed by atoms with Crippen molar-refractivity contribution in [3.63, 3.8) is 0 Å². The van der Waals surface area contributed by atoms with Crippen molar-refractivity contribution in [3.05, 3.63) is 16.4 Å². The third-order valence-electron chi connectivity index (χ3n) is 2.69. The summed E-state index contributed by atoms with van der Waals surface area (Å²) in [5.41, 5.74) is 1.97. The van der Waals surface area contributed by atoms with Gasteiger partial charge in [-0.3, -0.25) is 9.58 Å². The average molecular weight is 232 g/mol. The lowest BCUT2D eigenvalue weighted by Crippen LogP contribution is -2.31. The third kappa shape index (κ3) is 2.71. The normalized spacial score (nSPS) is 13.5. The second kappa shape index (κ2) is 4.96. The van der Waals surface area contributed by atoms with Gasteiger partial charge >= 0.3 is 0 Å². The van der Waals surface area contributed by atoms with Crippen molar-refractivity contribution in [3.8, 4) is 0 Å². The zero-order chi connectivity index (χ0) is 11.6. The van der Waals surface area contributed by atoms with E-state index in [1.165, 1.54) is 0 Å². The van der Waals surface area contributed by atoms with Crippen molar-refractivity contribution in [1.29, 1.82) is 0 Å².